The molecule has 1 saturated heterocycles. The Bertz CT molecular complexity index is 129. The fourth-order valence-corrected chi connectivity index (χ4v) is 2.26. The zero-order chi connectivity index (χ0) is 7.68. The number of rotatable bonds is 2. The van der Waals surface area contributed by atoms with Gasteiger partial charge in [-0.3, -0.25) is 0 Å². The Morgan fingerprint density at radius 1 is 1.27 bits per heavy atom. The number of hydrogen-bond acceptors (Lipinski definition) is 1. The summed E-state index contributed by atoms with van der Waals surface area (Å²) in [5, 5.41) is 3.65. The molecule has 2 atom stereocenters. The van der Waals surface area contributed by atoms with Crippen LogP contribution in [0.4, 0.5) is 0 Å². The molecule has 64 valence electrons. The average molecular weight is 153 g/mol. The normalized spacial score (nSPS) is 39.0. The molecule has 0 bridgehead atoms. The molecular formula is C10H19N. The summed E-state index contributed by atoms with van der Waals surface area (Å²) in [6, 6.07) is 0.897. The molecule has 1 nitrogen and oxygen atoms in total. The summed E-state index contributed by atoms with van der Waals surface area (Å²) in [5.74, 6) is 2.09. The Morgan fingerprint density at radius 3 is 2.73 bits per heavy atom. The average Bonchev–Trinajstić information content (AvgIpc) is 2.87. The molecule has 0 aromatic heterocycles. The van der Waals surface area contributed by atoms with E-state index in [-0.39, 0.29) is 0 Å². The zero-order valence-electron chi connectivity index (χ0n) is 7.47. The van der Waals surface area contributed by atoms with Crippen LogP contribution >= 0.6 is 0 Å². The lowest BCUT2D eigenvalue weighted by Gasteiger charge is -2.29. The van der Waals surface area contributed by atoms with Gasteiger partial charge in [-0.1, -0.05) is 13.3 Å². The van der Waals surface area contributed by atoms with Crippen LogP contribution in [-0.4, -0.2) is 12.6 Å². The van der Waals surface area contributed by atoms with Gasteiger partial charge in [0, 0.05) is 6.04 Å². The van der Waals surface area contributed by atoms with E-state index in [1.165, 1.54) is 38.6 Å². The highest BCUT2D eigenvalue weighted by atomic mass is 14.9. The third-order valence-electron chi connectivity index (χ3n) is 3.31. The summed E-state index contributed by atoms with van der Waals surface area (Å²) < 4.78 is 0. The Balaban J connectivity index is 1.82. The van der Waals surface area contributed by atoms with Crippen LogP contribution in [0.3, 0.4) is 0 Å². The van der Waals surface area contributed by atoms with Crippen molar-refractivity contribution >= 4 is 0 Å². The van der Waals surface area contributed by atoms with Gasteiger partial charge >= 0.3 is 0 Å². The van der Waals surface area contributed by atoms with E-state index in [2.05, 4.69) is 12.2 Å². The third kappa shape index (κ3) is 1.76. The van der Waals surface area contributed by atoms with Gasteiger partial charge in [0.05, 0.1) is 0 Å². The molecule has 1 N–H and O–H groups in total. The number of hydrogen-bond donors (Lipinski definition) is 1. The minimum Gasteiger partial charge on any atom is -0.314 e. The summed E-state index contributed by atoms with van der Waals surface area (Å²) in [4.78, 5) is 0. The Hall–Kier alpha value is -0.0400. The van der Waals surface area contributed by atoms with E-state index in [4.69, 9.17) is 0 Å². The predicted molar refractivity (Wildman–Crippen MR) is 47.5 cm³/mol. The summed E-state index contributed by atoms with van der Waals surface area (Å²) in [6.45, 7) is 3.61. The van der Waals surface area contributed by atoms with Crippen LogP contribution in [0, 0.1) is 11.8 Å². The van der Waals surface area contributed by atoms with Gasteiger partial charge in [-0.25, -0.2) is 0 Å². The van der Waals surface area contributed by atoms with Crippen molar-refractivity contribution in [3.8, 4) is 0 Å². The lowest BCUT2D eigenvalue weighted by molar-refractivity contribution is 0.275. The maximum atomic E-state index is 3.65. The Labute approximate surface area is 69.6 Å². The monoisotopic (exact) mass is 153 g/mol. The Kier molecular flexibility index (Phi) is 2.17. The van der Waals surface area contributed by atoms with Gasteiger partial charge in [0.2, 0.25) is 0 Å². The van der Waals surface area contributed by atoms with Crippen molar-refractivity contribution in [2.75, 3.05) is 6.54 Å². The van der Waals surface area contributed by atoms with E-state index < -0.39 is 0 Å². The highest BCUT2D eigenvalue weighted by Gasteiger charge is 2.33. The quantitative estimate of drug-likeness (QED) is 0.641. The second kappa shape index (κ2) is 3.14. The molecule has 1 heterocycles. The lowest BCUT2D eigenvalue weighted by Crippen LogP contribution is -2.39. The van der Waals surface area contributed by atoms with Crippen LogP contribution in [0.2, 0.25) is 0 Å². The van der Waals surface area contributed by atoms with Crippen LogP contribution in [0.5, 0.6) is 0 Å². The molecule has 0 unspecified atom stereocenters. The van der Waals surface area contributed by atoms with Gasteiger partial charge in [-0.2, -0.15) is 0 Å². The van der Waals surface area contributed by atoms with E-state index in [0.717, 1.165) is 17.9 Å². The van der Waals surface area contributed by atoms with E-state index in [9.17, 15) is 0 Å². The first-order valence-electron chi connectivity index (χ1n) is 5.13. The standard InChI is InChI=1S/C10H19N/c1-2-8-5-6-11-10(7-8)9-3-4-9/h8-11H,2-7H2,1H3/t8-,10+/m0/s1. The second-order valence-corrected chi connectivity index (χ2v) is 4.20. The molecule has 1 aliphatic carbocycles. The molecule has 1 saturated carbocycles. The predicted octanol–water partition coefficient (Wildman–Crippen LogP) is 2.17. The number of piperidine rings is 1. The minimum absolute atomic E-state index is 0.897. The van der Waals surface area contributed by atoms with Crippen molar-refractivity contribution in [1.29, 1.82) is 0 Å². The molecule has 1 heteroatoms. The molecule has 0 radical (unpaired) electrons. The molecule has 11 heavy (non-hydrogen) atoms. The van der Waals surface area contributed by atoms with Crippen molar-refractivity contribution in [3.63, 3.8) is 0 Å². The summed E-state index contributed by atoms with van der Waals surface area (Å²) >= 11 is 0. The molecule has 2 aliphatic rings. The molecule has 0 aromatic carbocycles. The van der Waals surface area contributed by atoms with E-state index in [1.54, 1.807) is 0 Å². The summed E-state index contributed by atoms with van der Waals surface area (Å²) in [6.07, 6.45) is 7.26. The molecule has 1 aliphatic heterocycles. The molecule has 0 amide bonds. The molecule has 2 rings (SSSR count). The van der Waals surface area contributed by atoms with Crippen molar-refractivity contribution in [2.24, 2.45) is 11.8 Å². The highest BCUT2D eigenvalue weighted by Crippen LogP contribution is 2.37. The maximum absolute atomic E-state index is 3.65. The zero-order valence-corrected chi connectivity index (χ0v) is 7.47. The SMILES string of the molecule is CC[C@H]1CCN[C@@H](C2CC2)C1. The third-order valence-corrected chi connectivity index (χ3v) is 3.31. The van der Waals surface area contributed by atoms with Gasteiger partial charge < -0.3 is 5.32 Å². The topological polar surface area (TPSA) is 12.0 Å². The highest BCUT2D eigenvalue weighted by molar-refractivity contribution is 4.90. The first-order chi connectivity index (χ1) is 5.40. The van der Waals surface area contributed by atoms with Gasteiger partial charge in [0.25, 0.3) is 0 Å². The molecule has 2 fully saturated rings. The van der Waals surface area contributed by atoms with E-state index >= 15 is 0 Å². The van der Waals surface area contributed by atoms with E-state index in [1.807, 2.05) is 0 Å². The van der Waals surface area contributed by atoms with Crippen molar-refractivity contribution in [1.82, 2.24) is 5.32 Å². The second-order valence-electron chi connectivity index (χ2n) is 4.20. The van der Waals surface area contributed by atoms with Crippen LogP contribution in [0.15, 0.2) is 0 Å². The van der Waals surface area contributed by atoms with Crippen LogP contribution in [-0.2, 0) is 0 Å². The van der Waals surface area contributed by atoms with Crippen molar-refractivity contribution in [2.45, 2.75) is 45.1 Å². The van der Waals surface area contributed by atoms with Crippen molar-refractivity contribution < 1.29 is 0 Å². The minimum atomic E-state index is 0.897. The van der Waals surface area contributed by atoms with Gasteiger partial charge in [0.1, 0.15) is 0 Å². The number of nitrogens with one attached hydrogen (secondary N) is 1. The smallest absolute Gasteiger partial charge is 0.00979 e. The fourth-order valence-electron chi connectivity index (χ4n) is 2.26. The van der Waals surface area contributed by atoms with Crippen LogP contribution < -0.4 is 5.32 Å². The van der Waals surface area contributed by atoms with Crippen molar-refractivity contribution in [3.05, 3.63) is 0 Å². The van der Waals surface area contributed by atoms with Gasteiger partial charge in [-0.05, 0) is 44.1 Å². The summed E-state index contributed by atoms with van der Waals surface area (Å²) in [7, 11) is 0. The van der Waals surface area contributed by atoms with E-state index in [0.29, 0.717) is 0 Å². The fraction of sp³-hybridized carbons (Fsp3) is 1.00. The molecule has 0 spiro atoms. The molecular weight excluding hydrogens is 134 g/mol. The first kappa shape index (κ1) is 7.60. The first-order valence-corrected chi connectivity index (χ1v) is 5.13. The van der Waals surface area contributed by atoms with Gasteiger partial charge in [0.15, 0.2) is 0 Å². The molecule has 0 aromatic rings. The lowest BCUT2D eigenvalue weighted by atomic mass is 9.88. The largest absolute Gasteiger partial charge is 0.314 e. The maximum Gasteiger partial charge on any atom is 0.00979 e. The summed E-state index contributed by atoms with van der Waals surface area (Å²) in [5.41, 5.74) is 0. The van der Waals surface area contributed by atoms with Gasteiger partial charge in [-0.15, -0.1) is 0 Å². The van der Waals surface area contributed by atoms with Crippen LogP contribution in [0.1, 0.15) is 39.0 Å². The van der Waals surface area contributed by atoms with Crippen LogP contribution in [0.25, 0.3) is 0 Å². The Morgan fingerprint density at radius 2 is 2.09 bits per heavy atom.